The standard InChI is InChI=1S/C5H10S6/c6-3-8-9-4-10-11-5-1-7-2-5/h5-6H,1-4H2. The number of thioether (sulfide) groups is 1. The minimum Gasteiger partial charge on any atom is -0.167 e. The Kier molecular flexibility index (Phi) is 7.62. The van der Waals surface area contributed by atoms with Crippen LogP contribution in [0.5, 0.6) is 0 Å². The molecule has 6 heteroatoms. The van der Waals surface area contributed by atoms with Crippen molar-refractivity contribution in [1.29, 1.82) is 0 Å². The summed E-state index contributed by atoms with van der Waals surface area (Å²) in [6.45, 7) is 0. The van der Waals surface area contributed by atoms with Crippen molar-refractivity contribution < 1.29 is 0 Å². The molecule has 66 valence electrons. The van der Waals surface area contributed by atoms with Crippen molar-refractivity contribution in [3.05, 3.63) is 0 Å². The molecule has 0 atom stereocenters. The zero-order valence-corrected chi connectivity index (χ0v) is 10.9. The normalized spacial score (nSPS) is 18.3. The predicted molar refractivity (Wildman–Crippen MR) is 70.2 cm³/mol. The Morgan fingerprint density at radius 2 is 2.09 bits per heavy atom. The molecule has 1 aliphatic rings. The molecule has 1 aliphatic heterocycles. The minimum absolute atomic E-state index is 0.926. The first kappa shape index (κ1) is 11.2. The van der Waals surface area contributed by atoms with Crippen LogP contribution in [0.4, 0.5) is 0 Å². The van der Waals surface area contributed by atoms with Crippen LogP contribution < -0.4 is 0 Å². The zero-order valence-electron chi connectivity index (χ0n) is 5.89. The summed E-state index contributed by atoms with van der Waals surface area (Å²) in [6.07, 6.45) is 0. The molecule has 1 rings (SSSR count). The SMILES string of the molecule is SCSSCSSC1CSC1. The second-order valence-corrected chi connectivity index (χ2v) is 9.17. The van der Waals surface area contributed by atoms with Crippen LogP contribution in [0, 0.1) is 0 Å². The second-order valence-electron chi connectivity index (χ2n) is 1.86. The molecule has 0 saturated carbocycles. The lowest BCUT2D eigenvalue weighted by Crippen LogP contribution is -2.19. The fourth-order valence-corrected chi connectivity index (χ4v) is 7.85. The maximum atomic E-state index is 4.12. The fraction of sp³-hybridized carbons (Fsp3) is 1.00. The molecule has 0 aromatic heterocycles. The highest BCUT2D eigenvalue weighted by Crippen LogP contribution is 2.40. The third-order valence-corrected chi connectivity index (χ3v) is 9.25. The van der Waals surface area contributed by atoms with Gasteiger partial charge in [-0.1, -0.05) is 43.2 Å². The third kappa shape index (κ3) is 5.41. The van der Waals surface area contributed by atoms with Crippen LogP contribution in [-0.4, -0.2) is 26.9 Å². The van der Waals surface area contributed by atoms with Gasteiger partial charge in [0.05, 0.1) is 5.08 Å². The van der Waals surface area contributed by atoms with Gasteiger partial charge in [0.2, 0.25) is 0 Å². The Balaban J connectivity index is 1.73. The first-order chi connectivity index (χ1) is 5.43. The highest BCUT2D eigenvalue weighted by Gasteiger charge is 2.18. The summed E-state index contributed by atoms with van der Waals surface area (Å²) in [5, 5.41) is 3.05. The van der Waals surface area contributed by atoms with Crippen LogP contribution in [0.15, 0.2) is 0 Å². The van der Waals surface area contributed by atoms with Crippen molar-refractivity contribution in [3.63, 3.8) is 0 Å². The lowest BCUT2D eigenvalue weighted by molar-refractivity contribution is 1.09. The van der Waals surface area contributed by atoms with Gasteiger partial charge in [-0.25, -0.2) is 0 Å². The molecular formula is C5H10S6. The molecule has 0 aliphatic carbocycles. The van der Waals surface area contributed by atoms with Crippen molar-refractivity contribution >= 4 is 67.6 Å². The molecule has 1 saturated heterocycles. The van der Waals surface area contributed by atoms with Crippen LogP contribution in [-0.2, 0) is 0 Å². The van der Waals surface area contributed by atoms with Gasteiger partial charge in [0, 0.05) is 21.8 Å². The molecule has 11 heavy (non-hydrogen) atoms. The van der Waals surface area contributed by atoms with E-state index in [9.17, 15) is 0 Å². The quantitative estimate of drug-likeness (QED) is 0.334. The van der Waals surface area contributed by atoms with Crippen molar-refractivity contribution in [3.8, 4) is 0 Å². The van der Waals surface area contributed by atoms with E-state index in [1.165, 1.54) is 16.6 Å². The molecular weight excluding hydrogens is 252 g/mol. The summed E-state index contributed by atoms with van der Waals surface area (Å²) in [6, 6.07) is 0. The molecule has 0 unspecified atom stereocenters. The van der Waals surface area contributed by atoms with Crippen LogP contribution in [0.2, 0.25) is 0 Å². The second kappa shape index (κ2) is 7.50. The van der Waals surface area contributed by atoms with E-state index >= 15 is 0 Å². The molecule has 1 heterocycles. The molecule has 0 N–H and O–H groups in total. The summed E-state index contributed by atoms with van der Waals surface area (Å²) >= 11 is 6.17. The summed E-state index contributed by atoms with van der Waals surface area (Å²) in [5.41, 5.74) is 0. The van der Waals surface area contributed by atoms with Crippen molar-refractivity contribution in [2.75, 3.05) is 21.7 Å². The largest absolute Gasteiger partial charge is 0.167 e. The first-order valence-corrected chi connectivity index (χ1v) is 9.80. The van der Waals surface area contributed by atoms with E-state index in [0.717, 1.165) is 10.3 Å². The van der Waals surface area contributed by atoms with E-state index < -0.39 is 0 Å². The van der Waals surface area contributed by atoms with Crippen LogP contribution in [0.3, 0.4) is 0 Å². The number of thiol groups is 1. The topological polar surface area (TPSA) is 0 Å². The van der Waals surface area contributed by atoms with Crippen LogP contribution >= 0.6 is 67.6 Å². The van der Waals surface area contributed by atoms with E-state index in [0.29, 0.717) is 0 Å². The van der Waals surface area contributed by atoms with Gasteiger partial charge in [-0.15, -0.1) is 0 Å². The Hall–Kier alpha value is 2.10. The molecule has 0 nitrogen and oxygen atoms in total. The monoisotopic (exact) mass is 262 g/mol. The minimum atomic E-state index is 0.926. The Labute approximate surface area is 93.8 Å². The first-order valence-electron chi connectivity index (χ1n) is 3.15. The van der Waals surface area contributed by atoms with Gasteiger partial charge in [-0.2, -0.15) is 24.4 Å². The maximum absolute atomic E-state index is 4.12. The lowest BCUT2D eigenvalue weighted by atomic mass is 10.5. The van der Waals surface area contributed by atoms with Gasteiger partial charge in [0.25, 0.3) is 0 Å². The average Bonchev–Trinajstić information content (AvgIpc) is 1.93. The highest BCUT2D eigenvalue weighted by molar-refractivity contribution is 8.85. The summed E-state index contributed by atoms with van der Waals surface area (Å²) < 4.78 is 0. The van der Waals surface area contributed by atoms with Gasteiger partial charge in [0.1, 0.15) is 0 Å². The predicted octanol–water partition coefficient (Wildman–Crippen LogP) is 3.71. The molecule has 1 fully saturated rings. The Bertz CT molecular complexity index is 93.0. The van der Waals surface area contributed by atoms with Crippen LogP contribution in [0.1, 0.15) is 0 Å². The van der Waals surface area contributed by atoms with E-state index in [4.69, 9.17) is 0 Å². The highest BCUT2D eigenvalue weighted by atomic mass is 33.1. The van der Waals surface area contributed by atoms with Crippen molar-refractivity contribution in [1.82, 2.24) is 0 Å². The Morgan fingerprint density at radius 3 is 2.64 bits per heavy atom. The van der Waals surface area contributed by atoms with Gasteiger partial charge in [0.15, 0.2) is 0 Å². The van der Waals surface area contributed by atoms with E-state index in [1.54, 1.807) is 0 Å². The smallest absolute Gasteiger partial charge is 0.0600 e. The molecule has 0 aromatic rings. The van der Waals surface area contributed by atoms with E-state index in [2.05, 4.69) is 35.2 Å². The van der Waals surface area contributed by atoms with Crippen molar-refractivity contribution in [2.24, 2.45) is 0 Å². The number of hydrogen-bond donors (Lipinski definition) is 1. The summed E-state index contributed by atoms with van der Waals surface area (Å²) in [5.74, 6) is 2.73. The maximum Gasteiger partial charge on any atom is 0.0600 e. The number of hydrogen-bond acceptors (Lipinski definition) is 6. The summed E-state index contributed by atoms with van der Waals surface area (Å²) in [7, 11) is 7.77. The third-order valence-electron chi connectivity index (χ3n) is 1.04. The molecule has 0 aromatic carbocycles. The zero-order chi connectivity index (χ0) is 7.94. The van der Waals surface area contributed by atoms with Gasteiger partial charge >= 0.3 is 0 Å². The fourth-order valence-electron chi connectivity index (χ4n) is 0.485. The molecule has 0 radical (unpaired) electrons. The summed E-state index contributed by atoms with van der Waals surface area (Å²) in [4.78, 5) is 0. The molecule has 0 spiro atoms. The Morgan fingerprint density at radius 1 is 1.27 bits per heavy atom. The lowest BCUT2D eigenvalue weighted by Gasteiger charge is -2.22. The van der Waals surface area contributed by atoms with E-state index in [1.807, 2.05) is 32.4 Å². The van der Waals surface area contributed by atoms with Crippen molar-refractivity contribution in [2.45, 2.75) is 5.25 Å². The van der Waals surface area contributed by atoms with E-state index in [-0.39, 0.29) is 0 Å². The average molecular weight is 263 g/mol. The van der Waals surface area contributed by atoms with Gasteiger partial charge in [-0.05, 0) is 0 Å². The molecule has 0 bridgehead atoms. The van der Waals surface area contributed by atoms with Gasteiger partial charge in [-0.3, -0.25) is 0 Å². The van der Waals surface area contributed by atoms with Gasteiger partial charge < -0.3 is 0 Å². The van der Waals surface area contributed by atoms with Crippen LogP contribution in [0.25, 0.3) is 0 Å². The molecule has 0 amide bonds. The number of rotatable bonds is 6.